The van der Waals surface area contributed by atoms with Crippen LogP contribution in [0.15, 0.2) is 195 Å². The first-order valence-electron chi connectivity index (χ1n) is 35.3. The molecule has 8 N–H and O–H groups in total. The Morgan fingerprint density at radius 3 is 0.957 bits per heavy atom. The normalized spacial score (nSPS) is 12.3. The molecule has 0 saturated carbocycles. The minimum absolute atomic E-state index is 0.00959. The Balaban J connectivity index is 0.000000178. The molecule has 1 aliphatic rings. The molecule has 0 bridgehead atoms. The van der Waals surface area contributed by atoms with Crippen LogP contribution >= 0.6 is 28.6 Å². The van der Waals surface area contributed by atoms with Gasteiger partial charge >= 0.3 is 24.7 Å². The number of alkyl halides is 12. The molecule has 0 fully saturated rings. The van der Waals surface area contributed by atoms with E-state index in [-0.39, 0.29) is 59.7 Å². The highest BCUT2D eigenvalue weighted by molar-refractivity contribution is 7.71. The zero-order chi connectivity index (χ0) is 85.6. The SMILES string of the molecule is CC(=O)c1cccc(Nc2nc(Nc3ccc(P(C)(C)=O)cc3)ncc2C(F)(F)F)c1.CCC(CC)Nc1nc(Nc2ccc(P(C)(C)=O)cc2)ncc1C(F)(F)F.CP(C)(=O)c1ccc(Nc2ncc(C(F)(F)F)c(Nc3ccc4c(c3)OCO4)n2)cc1.CP(C)(=O)c1ccc(Nc2ncc(C(F)(F)F)c(Nc3ccccc3)n2)cc1. The Bertz CT molecular complexity index is 5480. The first-order valence-corrected chi connectivity index (χ1v) is 45.7. The van der Waals surface area contributed by atoms with E-state index in [2.05, 4.69) is 82.4 Å². The van der Waals surface area contributed by atoms with Crippen LogP contribution in [0.5, 0.6) is 11.5 Å². The third-order valence-corrected chi connectivity index (χ3v) is 23.1. The number of aromatic nitrogens is 8. The van der Waals surface area contributed by atoms with E-state index < -0.39 is 87.2 Å². The topological polar surface area (TPSA) is 303 Å². The van der Waals surface area contributed by atoms with Crippen molar-refractivity contribution in [3.8, 4) is 11.5 Å². The number of hydrogen-bond donors (Lipinski definition) is 8. The number of benzene rings is 7. The zero-order valence-corrected chi connectivity index (χ0v) is 68.0. The van der Waals surface area contributed by atoms with Gasteiger partial charge in [-0.1, -0.05) is 44.2 Å². The van der Waals surface area contributed by atoms with E-state index in [4.69, 9.17) is 9.47 Å². The number of anilines is 15. The monoisotopic (exact) mass is 1700 g/mol. The molecule has 0 saturated heterocycles. The molecule has 0 spiro atoms. The maximum absolute atomic E-state index is 13.5. The van der Waals surface area contributed by atoms with Gasteiger partial charge in [-0.25, -0.2) is 19.9 Å². The molecule has 0 atom stereocenters. The molecule has 7 aromatic carbocycles. The van der Waals surface area contributed by atoms with E-state index in [0.29, 0.717) is 92.3 Å². The lowest BCUT2D eigenvalue weighted by atomic mass is 10.1. The van der Waals surface area contributed by atoms with Crippen LogP contribution < -0.4 is 73.2 Å². The van der Waals surface area contributed by atoms with Gasteiger partial charge in [0.25, 0.3) is 0 Å². The van der Waals surface area contributed by atoms with Crippen LogP contribution in [0.1, 0.15) is 66.2 Å². The number of nitrogens with zero attached hydrogens (tertiary/aromatic N) is 8. The van der Waals surface area contributed by atoms with E-state index in [1.54, 1.807) is 205 Å². The molecule has 1 aliphatic heterocycles. The third kappa shape index (κ3) is 26.1. The highest BCUT2D eigenvalue weighted by Gasteiger charge is 2.39. The average molecular weight is 1710 g/mol. The van der Waals surface area contributed by atoms with Gasteiger partial charge in [0, 0.05) is 103 Å². The van der Waals surface area contributed by atoms with Gasteiger partial charge in [0.05, 0.1) is 0 Å². The van der Waals surface area contributed by atoms with Gasteiger partial charge in [0.1, 0.15) is 74.1 Å². The summed E-state index contributed by atoms with van der Waals surface area (Å²) in [5.41, 5.74) is -0.194. The van der Waals surface area contributed by atoms with E-state index in [1.165, 1.54) is 25.1 Å². The number of ketones is 1. The molecule has 4 aromatic heterocycles. The van der Waals surface area contributed by atoms with Crippen LogP contribution in [-0.2, 0) is 43.0 Å². The van der Waals surface area contributed by atoms with Crippen LogP contribution in [0.2, 0.25) is 0 Å². The maximum atomic E-state index is 13.5. The largest absolute Gasteiger partial charge is 0.454 e. The van der Waals surface area contributed by atoms with Crippen molar-refractivity contribution in [3.05, 3.63) is 222 Å². The number of fused-ring (bicyclic) bond motifs is 1. The van der Waals surface area contributed by atoms with Gasteiger partial charge in [-0.05, 0) is 207 Å². The highest BCUT2D eigenvalue weighted by atomic mass is 31.2. The summed E-state index contributed by atoms with van der Waals surface area (Å²) in [7, 11) is -9.59. The van der Waals surface area contributed by atoms with E-state index in [9.17, 15) is 75.7 Å². The molecule has 5 heterocycles. The van der Waals surface area contributed by atoms with Crippen molar-refractivity contribution in [2.75, 3.05) is 103 Å². The molecule has 0 unspecified atom stereocenters. The number of nitrogens with one attached hydrogen (secondary N) is 8. The summed E-state index contributed by atoms with van der Waals surface area (Å²) in [5, 5.41) is 25.1. The highest BCUT2D eigenvalue weighted by Crippen LogP contribution is 2.44. The quantitative estimate of drug-likeness (QED) is 0.0168. The van der Waals surface area contributed by atoms with E-state index >= 15 is 0 Å². The van der Waals surface area contributed by atoms with Crippen molar-refractivity contribution in [3.63, 3.8) is 0 Å². The number of hydrogen-bond acceptors (Lipinski definition) is 23. The molecule has 0 amide bonds. The number of halogens is 12. The second kappa shape index (κ2) is 37.3. The summed E-state index contributed by atoms with van der Waals surface area (Å²) in [6.45, 7) is 18.5. The first kappa shape index (κ1) is 89.5. The van der Waals surface area contributed by atoms with Gasteiger partial charge in [0.2, 0.25) is 30.6 Å². The fourth-order valence-electron chi connectivity index (χ4n) is 10.5. The molecule has 618 valence electrons. The second-order valence-corrected chi connectivity index (χ2v) is 40.4. The number of ether oxygens (including phenoxy) is 2. The summed E-state index contributed by atoms with van der Waals surface area (Å²) in [5.74, 6) is -0.735. The van der Waals surface area contributed by atoms with Crippen LogP contribution in [-0.4, -0.2) is 112 Å². The summed E-state index contributed by atoms with van der Waals surface area (Å²) in [6, 6.07) is 46.1. The van der Waals surface area contributed by atoms with E-state index in [1.807, 2.05) is 13.8 Å². The van der Waals surface area contributed by atoms with Gasteiger partial charge in [-0.15, -0.1) is 0 Å². The molecule has 0 aliphatic carbocycles. The summed E-state index contributed by atoms with van der Waals surface area (Å²) in [4.78, 5) is 42.7. The maximum Gasteiger partial charge on any atom is 0.421 e. The number of Topliss-reactive ketones (excluding diaryl/α,β-unsaturated/α-hetero) is 1. The predicted molar refractivity (Wildman–Crippen MR) is 437 cm³/mol. The van der Waals surface area contributed by atoms with E-state index in [0.717, 1.165) is 17.7 Å². The molecule has 117 heavy (non-hydrogen) atoms. The lowest BCUT2D eigenvalue weighted by Crippen LogP contribution is -2.22. The molecular weight excluding hydrogens is 1620 g/mol. The Morgan fingerprint density at radius 2 is 0.641 bits per heavy atom. The van der Waals surface area contributed by atoms with Gasteiger partial charge in [-0.2, -0.15) is 72.6 Å². The van der Waals surface area contributed by atoms with Crippen molar-refractivity contribution in [2.24, 2.45) is 0 Å². The zero-order valence-electron chi connectivity index (χ0n) is 64.4. The van der Waals surface area contributed by atoms with Crippen molar-refractivity contribution < 1.29 is 85.2 Å². The standard InChI is InChI=1S/C21H20F3N4O2P.C20H18F3N4O3P.C19H18F3N4OP.C18H24F3N4OP/c1-13(29)14-5-4-6-16(11-14)26-19-18(21(22,23)24)12-25-20(28-19)27-15-7-9-17(10-8-15)31(2,3)30;1-31(2,28)14-6-3-12(4-7-14)26-19-24-10-15(20(21,22)23)18(27-19)25-13-5-8-16-17(9-13)30-11-29-16;1-28(2,27)15-10-8-14(9-11-15)25-18-23-12-16(19(20,21)22)17(26-18)24-13-6-4-3-5-7-13;1-5-12(6-2)23-16-15(18(19,20)21)11-22-17(25-16)24-13-7-9-14(10-8-13)27(3,4)26/h4-12H,1-3H3,(H2,25,26,27,28);3-10H,11H2,1-2H3,(H2,24,25,26,27);3-12H,1-2H3,(H2,23,24,25,26);7-12H,5-6H2,1-4H3,(H2,22,23,24,25). The average Bonchev–Trinajstić information content (AvgIpc) is 1.21. The lowest BCUT2D eigenvalue weighted by Gasteiger charge is -2.19. The van der Waals surface area contributed by atoms with Crippen molar-refractivity contribution >= 4 is 142 Å². The Kier molecular flexibility index (Phi) is 28.5. The second-order valence-electron chi connectivity index (χ2n) is 27.5. The molecule has 12 rings (SSSR count). The number of rotatable bonds is 23. The smallest absolute Gasteiger partial charge is 0.421 e. The third-order valence-electron chi connectivity index (χ3n) is 16.9. The predicted octanol–water partition coefficient (Wildman–Crippen LogP) is 20.7. The fourth-order valence-corrected chi connectivity index (χ4v) is 14.0. The van der Waals surface area contributed by atoms with Crippen LogP contribution in [0.3, 0.4) is 0 Å². The number of carbonyl (C=O) groups is 1. The Labute approximate surface area is 665 Å². The van der Waals surface area contributed by atoms with Crippen LogP contribution in [0.25, 0.3) is 0 Å². The minimum atomic E-state index is -4.68. The van der Waals surface area contributed by atoms with Gasteiger partial charge < -0.3 is 70.3 Å². The first-order chi connectivity index (χ1) is 54.7. The van der Waals surface area contributed by atoms with Crippen LogP contribution in [0.4, 0.5) is 140 Å². The molecule has 0 radical (unpaired) electrons. The van der Waals surface area contributed by atoms with Gasteiger partial charge in [-0.3, -0.25) is 4.79 Å². The Hall–Kier alpha value is -11.4. The molecule has 39 heteroatoms. The lowest BCUT2D eigenvalue weighted by molar-refractivity contribution is -0.138. The number of para-hydroxylation sites is 1. The van der Waals surface area contributed by atoms with Crippen LogP contribution in [0, 0.1) is 0 Å². The summed E-state index contributed by atoms with van der Waals surface area (Å²) >= 11 is 0. The van der Waals surface area contributed by atoms with Crippen molar-refractivity contribution in [1.29, 1.82) is 0 Å². The Morgan fingerprint density at radius 1 is 0.359 bits per heavy atom. The molecular formula is C78H80F12N16O7P4. The fraction of sp³-hybridized carbons (Fsp3) is 0.244. The number of carbonyl (C=O) groups excluding carboxylic acids is 1. The summed E-state index contributed by atoms with van der Waals surface area (Å²) in [6.07, 6.45) is -14.2. The van der Waals surface area contributed by atoms with Gasteiger partial charge in [0.15, 0.2) is 17.3 Å². The minimum Gasteiger partial charge on any atom is -0.454 e. The van der Waals surface area contributed by atoms with Crippen molar-refractivity contribution in [1.82, 2.24) is 39.9 Å². The summed E-state index contributed by atoms with van der Waals surface area (Å²) < 4.78 is 219. The molecule has 11 aromatic rings. The van der Waals surface area contributed by atoms with Crippen molar-refractivity contribution in [2.45, 2.75) is 64.4 Å². The molecule has 23 nitrogen and oxygen atoms in total.